The van der Waals surface area contributed by atoms with Crippen LogP contribution in [0.25, 0.3) is 5.65 Å². The topological polar surface area (TPSA) is 91.5 Å². The Morgan fingerprint density at radius 2 is 2.19 bits per heavy atom. The molecule has 2 aromatic heterocycles. The van der Waals surface area contributed by atoms with E-state index in [1.807, 2.05) is 13.8 Å². The van der Waals surface area contributed by atoms with Crippen molar-refractivity contribution in [1.29, 1.82) is 0 Å². The van der Waals surface area contributed by atoms with Crippen molar-refractivity contribution in [3.8, 4) is 0 Å². The van der Waals surface area contributed by atoms with Crippen LogP contribution in [0, 0.1) is 5.92 Å². The van der Waals surface area contributed by atoms with Gasteiger partial charge in [0, 0.05) is 12.3 Å². The van der Waals surface area contributed by atoms with Crippen molar-refractivity contribution in [3.63, 3.8) is 0 Å². The summed E-state index contributed by atoms with van der Waals surface area (Å²) in [6, 6.07) is 3.07. The van der Waals surface area contributed by atoms with E-state index in [-0.39, 0.29) is 18.7 Å². The van der Waals surface area contributed by atoms with Gasteiger partial charge < -0.3 is 15.7 Å². The monoisotopic (exact) mass is 291 g/mol. The molecule has 0 fully saturated rings. The number of hydrogen-bond donors (Lipinski definition) is 3. The van der Waals surface area contributed by atoms with Crippen LogP contribution in [0.5, 0.6) is 0 Å². The molecule has 2 aromatic rings. The zero-order chi connectivity index (χ0) is 15.2. The van der Waals surface area contributed by atoms with Crippen LogP contribution in [0.15, 0.2) is 24.5 Å². The van der Waals surface area contributed by atoms with E-state index >= 15 is 0 Å². The van der Waals surface area contributed by atoms with E-state index in [1.54, 1.807) is 29.0 Å². The molecule has 0 saturated carbocycles. The predicted octanol–water partition coefficient (Wildman–Crippen LogP) is 0.935. The minimum Gasteiger partial charge on any atom is -0.394 e. The van der Waals surface area contributed by atoms with E-state index in [2.05, 4.69) is 20.7 Å². The van der Waals surface area contributed by atoms with Crippen molar-refractivity contribution in [3.05, 3.63) is 30.2 Å². The standard InChI is InChI=1S/C14H21N5O2/c1-10(2)7-11(9-20)18-14(21)16-8-12-3-5-15-13-4-6-17-19(12)13/h3-6,10-11,20H,7-9H2,1-2H3,(H2,16,18,21). The molecule has 21 heavy (non-hydrogen) atoms. The number of hydrogen-bond acceptors (Lipinski definition) is 4. The van der Waals surface area contributed by atoms with E-state index in [1.165, 1.54) is 0 Å². The van der Waals surface area contributed by atoms with Crippen molar-refractivity contribution < 1.29 is 9.90 Å². The summed E-state index contributed by atoms with van der Waals surface area (Å²) < 4.78 is 1.68. The van der Waals surface area contributed by atoms with Crippen LogP contribution in [-0.4, -0.2) is 38.4 Å². The average molecular weight is 291 g/mol. The number of urea groups is 1. The smallest absolute Gasteiger partial charge is 0.315 e. The zero-order valence-electron chi connectivity index (χ0n) is 12.3. The molecule has 3 N–H and O–H groups in total. The minimum atomic E-state index is -0.299. The number of rotatable bonds is 6. The Kier molecular flexibility index (Phi) is 5.10. The predicted molar refractivity (Wildman–Crippen MR) is 78.7 cm³/mol. The van der Waals surface area contributed by atoms with Gasteiger partial charge in [0.25, 0.3) is 0 Å². The molecule has 0 aliphatic heterocycles. The molecule has 0 bridgehead atoms. The molecule has 0 spiro atoms. The second kappa shape index (κ2) is 7.03. The molecule has 0 aliphatic rings. The molecule has 7 nitrogen and oxygen atoms in total. The third kappa shape index (κ3) is 4.16. The van der Waals surface area contributed by atoms with Crippen molar-refractivity contribution in [1.82, 2.24) is 25.2 Å². The van der Waals surface area contributed by atoms with E-state index in [9.17, 15) is 9.90 Å². The maximum atomic E-state index is 11.9. The number of carbonyl (C=O) groups excluding carboxylic acids is 1. The third-order valence-corrected chi connectivity index (χ3v) is 3.11. The molecule has 114 valence electrons. The second-order valence-corrected chi connectivity index (χ2v) is 5.37. The fourth-order valence-electron chi connectivity index (χ4n) is 2.17. The van der Waals surface area contributed by atoms with Crippen molar-refractivity contribution in [2.75, 3.05) is 6.61 Å². The minimum absolute atomic E-state index is 0.0652. The molecule has 7 heteroatoms. The third-order valence-electron chi connectivity index (χ3n) is 3.11. The number of aliphatic hydroxyl groups is 1. The lowest BCUT2D eigenvalue weighted by atomic mass is 10.0. The van der Waals surface area contributed by atoms with Crippen molar-refractivity contribution in [2.45, 2.75) is 32.9 Å². The molecular formula is C14H21N5O2. The Morgan fingerprint density at radius 1 is 1.38 bits per heavy atom. The lowest BCUT2D eigenvalue weighted by Gasteiger charge is -2.18. The number of amides is 2. The van der Waals surface area contributed by atoms with Crippen LogP contribution in [0.3, 0.4) is 0 Å². The maximum Gasteiger partial charge on any atom is 0.315 e. The van der Waals surface area contributed by atoms with Gasteiger partial charge in [0.05, 0.1) is 31.1 Å². The highest BCUT2D eigenvalue weighted by molar-refractivity contribution is 5.74. The number of fused-ring (bicyclic) bond motifs is 1. The molecule has 2 rings (SSSR count). The summed E-state index contributed by atoms with van der Waals surface area (Å²) in [6.45, 7) is 4.37. The van der Waals surface area contributed by atoms with Crippen LogP contribution in [0.4, 0.5) is 4.79 Å². The number of carbonyl (C=O) groups is 1. The van der Waals surface area contributed by atoms with Crippen LogP contribution >= 0.6 is 0 Å². The molecule has 1 atom stereocenters. The van der Waals surface area contributed by atoms with Gasteiger partial charge in [-0.3, -0.25) is 0 Å². The van der Waals surface area contributed by atoms with E-state index in [4.69, 9.17) is 0 Å². The molecule has 2 heterocycles. The van der Waals surface area contributed by atoms with Gasteiger partial charge in [0.1, 0.15) is 0 Å². The van der Waals surface area contributed by atoms with Gasteiger partial charge in [0.15, 0.2) is 5.65 Å². The van der Waals surface area contributed by atoms with Gasteiger partial charge in [0.2, 0.25) is 0 Å². The summed E-state index contributed by atoms with van der Waals surface area (Å²) in [5, 5.41) is 18.9. The van der Waals surface area contributed by atoms with Crippen molar-refractivity contribution in [2.24, 2.45) is 5.92 Å². The summed E-state index contributed by atoms with van der Waals surface area (Å²) in [4.78, 5) is 16.0. The highest BCUT2D eigenvalue weighted by Gasteiger charge is 2.13. The molecule has 0 aromatic carbocycles. The van der Waals surface area contributed by atoms with Gasteiger partial charge in [-0.2, -0.15) is 5.10 Å². The molecule has 0 aliphatic carbocycles. The van der Waals surface area contributed by atoms with Crippen molar-refractivity contribution >= 4 is 11.7 Å². The van der Waals surface area contributed by atoms with Crippen LogP contribution in [0.1, 0.15) is 26.0 Å². The molecule has 0 radical (unpaired) electrons. The first-order chi connectivity index (χ1) is 10.1. The Morgan fingerprint density at radius 3 is 2.90 bits per heavy atom. The van der Waals surface area contributed by atoms with Gasteiger partial charge in [-0.05, 0) is 18.4 Å². The summed E-state index contributed by atoms with van der Waals surface area (Å²) in [6.07, 6.45) is 4.08. The van der Waals surface area contributed by atoms with Gasteiger partial charge >= 0.3 is 6.03 Å². The molecule has 0 saturated heterocycles. The number of nitrogens with zero attached hydrogens (tertiary/aromatic N) is 3. The first kappa shape index (κ1) is 15.2. The number of aliphatic hydroxyl groups excluding tert-OH is 1. The zero-order valence-corrected chi connectivity index (χ0v) is 12.3. The number of nitrogens with one attached hydrogen (secondary N) is 2. The highest BCUT2D eigenvalue weighted by atomic mass is 16.3. The molecule has 2 amide bonds. The lowest BCUT2D eigenvalue weighted by molar-refractivity contribution is 0.206. The fourth-order valence-corrected chi connectivity index (χ4v) is 2.17. The Labute approximate surface area is 123 Å². The SMILES string of the molecule is CC(C)CC(CO)NC(=O)NCc1ccnc2ccnn12. The first-order valence-electron chi connectivity index (χ1n) is 7.03. The normalized spacial score (nSPS) is 12.6. The fraction of sp³-hybridized carbons (Fsp3) is 0.500. The summed E-state index contributed by atoms with van der Waals surface area (Å²) >= 11 is 0. The van der Waals surface area contributed by atoms with Crippen LogP contribution in [-0.2, 0) is 6.54 Å². The van der Waals surface area contributed by atoms with Gasteiger partial charge in [-0.15, -0.1) is 0 Å². The largest absolute Gasteiger partial charge is 0.394 e. The Bertz CT molecular complexity index is 596. The first-order valence-corrected chi connectivity index (χ1v) is 7.03. The van der Waals surface area contributed by atoms with E-state index in [0.717, 1.165) is 17.8 Å². The Balaban J connectivity index is 1.90. The maximum absolute atomic E-state index is 11.9. The van der Waals surface area contributed by atoms with Crippen LogP contribution < -0.4 is 10.6 Å². The van der Waals surface area contributed by atoms with Gasteiger partial charge in [-0.25, -0.2) is 14.3 Å². The van der Waals surface area contributed by atoms with Gasteiger partial charge in [-0.1, -0.05) is 13.8 Å². The Hall–Kier alpha value is -2.15. The molecule has 1 unspecified atom stereocenters. The quantitative estimate of drug-likeness (QED) is 0.738. The van der Waals surface area contributed by atoms with E-state index in [0.29, 0.717) is 12.5 Å². The van der Waals surface area contributed by atoms with E-state index < -0.39 is 0 Å². The highest BCUT2D eigenvalue weighted by Crippen LogP contribution is 2.05. The summed E-state index contributed by atoms with van der Waals surface area (Å²) in [5.41, 5.74) is 1.58. The summed E-state index contributed by atoms with van der Waals surface area (Å²) in [7, 11) is 0. The lowest BCUT2D eigenvalue weighted by Crippen LogP contribution is -2.44. The number of aromatic nitrogens is 3. The second-order valence-electron chi connectivity index (χ2n) is 5.37. The molecular weight excluding hydrogens is 270 g/mol. The summed E-state index contributed by atoms with van der Waals surface area (Å²) in [5.74, 6) is 0.409. The average Bonchev–Trinajstić information content (AvgIpc) is 2.92. The van der Waals surface area contributed by atoms with Crippen LogP contribution in [0.2, 0.25) is 0 Å².